The van der Waals surface area contributed by atoms with Crippen molar-refractivity contribution < 1.29 is 14.7 Å². The van der Waals surface area contributed by atoms with E-state index in [9.17, 15) is 9.59 Å². The molecule has 1 saturated carbocycles. The number of hydrogen-bond donors (Lipinski definition) is 1. The van der Waals surface area contributed by atoms with Gasteiger partial charge in [0.25, 0.3) is 5.91 Å². The first-order valence-corrected chi connectivity index (χ1v) is 7.20. The lowest BCUT2D eigenvalue weighted by Gasteiger charge is -2.17. The number of rotatable bonds is 5. The molecule has 0 aliphatic heterocycles. The van der Waals surface area contributed by atoms with E-state index in [1.165, 1.54) is 10.7 Å². The van der Waals surface area contributed by atoms with Crippen LogP contribution in [0.3, 0.4) is 0 Å². The van der Waals surface area contributed by atoms with Crippen LogP contribution in [-0.4, -0.2) is 45.3 Å². The van der Waals surface area contributed by atoms with Crippen molar-refractivity contribution in [1.29, 1.82) is 0 Å². The third kappa shape index (κ3) is 2.86. The number of aromatic carboxylic acids is 1. The molecule has 0 atom stereocenters. The normalized spacial score (nSPS) is 13.9. The molecule has 1 N–H and O–H groups in total. The Morgan fingerprint density at radius 3 is 2.59 bits per heavy atom. The van der Waals surface area contributed by atoms with Gasteiger partial charge in [0.1, 0.15) is 5.69 Å². The highest BCUT2D eigenvalue weighted by atomic mass is 16.4. The average Bonchev–Trinajstić information content (AvgIpc) is 3.21. The molecule has 2 aromatic rings. The molecule has 1 aliphatic rings. The predicted octanol–water partition coefficient (Wildman–Crippen LogP) is 2.05. The summed E-state index contributed by atoms with van der Waals surface area (Å²) in [7, 11) is 1.74. The van der Waals surface area contributed by atoms with Crippen LogP contribution in [0.4, 0.5) is 0 Å². The number of carboxylic acids is 1. The van der Waals surface area contributed by atoms with E-state index in [-0.39, 0.29) is 17.3 Å². The van der Waals surface area contributed by atoms with Gasteiger partial charge in [-0.3, -0.25) is 4.79 Å². The Morgan fingerprint density at radius 1 is 1.32 bits per heavy atom. The molecule has 6 nitrogen and oxygen atoms in total. The summed E-state index contributed by atoms with van der Waals surface area (Å²) in [5.41, 5.74) is 0.803. The number of carbonyl (C=O) groups excluding carboxylic acids is 1. The molecule has 1 aromatic carbocycles. The quantitative estimate of drug-likeness (QED) is 0.917. The minimum absolute atomic E-state index is 0.132. The monoisotopic (exact) mass is 299 g/mol. The largest absolute Gasteiger partial charge is 0.476 e. The Hall–Kier alpha value is -2.63. The molecule has 0 spiro atoms. The lowest BCUT2D eigenvalue weighted by atomic mass is 10.2. The molecule has 0 unspecified atom stereocenters. The average molecular weight is 299 g/mol. The summed E-state index contributed by atoms with van der Waals surface area (Å²) in [5, 5.41) is 13.2. The van der Waals surface area contributed by atoms with E-state index in [0.29, 0.717) is 18.2 Å². The number of amides is 1. The number of carbonyl (C=O) groups is 2. The molecule has 1 heterocycles. The molecule has 1 amide bonds. The Kier molecular flexibility index (Phi) is 3.66. The van der Waals surface area contributed by atoms with Crippen LogP contribution >= 0.6 is 0 Å². The maximum atomic E-state index is 12.6. The molecular weight excluding hydrogens is 282 g/mol. The van der Waals surface area contributed by atoms with Crippen molar-refractivity contribution in [3.8, 4) is 5.69 Å². The van der Waals surface area contributed by atoms with Crippen molar-refractivity contribution in [3.63, 3.8) is 0 Å². The fraction of sp³-hybridized carbons (Fsp3) is 0.312. The molecule has 0 saturated heterocycles. The first kappa shape index (κ1) is 14.3. The van der Waals surface area contributed by atoms with Crippen LogP contribution < -0.4 is 0 Å². The highest BCUT2D eigenvalue weighted by molar-refractivity contribution is 5.96. The second kappa shape index (κ2) is 5.63. The highest BCUT2D eigenvalue weighted by Crippen LogP contribution is 2.29. The molecule has 3 rings (SSSR count). The summed E-state index contributed by atoms with van der Waals surface area (Å²) >= 11 is 0. The zero-order valence-electron chi connectivity index (χ0n) is 12.3. The van der Waals surface area contributed by atoms with E-state index in [1.54, 1.807) is 24.1 Å². The van der Waals surface area contributed by atoms with Gasteiger partial charge in [-0.05, 0) is 30.9 Å². The van der Waals surface area contributed by atoms with Crippen molar-refractivity contribution in [3.05, 3.63) is 47.8 Å². The molecule has 0 radical (unpaired) electrons. The number of aromatic nitrogens is 2. The second-order valence-corrected chi connectivity index (χ2v) is 5.60. The van der Waals surface area contributed by atoms with E-state index in [4.69, 9.17) is 5.11 Å². The summed E-state index contributed by atoms with van der Waals surface area (Å²) in [5.74, 6) is -0.787. The van der Waals surface area contributed by atoms with Gasteiger partial charge < -0.3 is 10.0 Å². The summed E-state index contributed by atoms with van der Waals surface area (Å²) in [6.45, 7) is 0.696. The predicted molar refractivity (Wildman–Crippen MR) is 80.2 cm³/mol. The molecule has 1 fully saturated rings. The van der Waals surface area contributed by atoms with Crippen LogP contribution in [0.5, 0.6) is 0 Å². The topological polar surface area (TPSA) is 75.4 Å². The van der Waals surface area contributed by atoms with Crippen LogP contribution in [-0.2, 0) is 0 Å². The lowest BCUT2D eigenvalue weighted by Crippen LogP contribution is -2.30. The summed E-state index contributed by atoms with van der Waals surface area (Å²) in [6.07, 6.45) is 2.30. The van der Waals surface area contributed by atoms with Crippen molar-refractivity contribution >= 4 is 11.9 Å². The first-order chi connectivity index (χ1) is 10.6. The Labute approximate surface area is 128 Å². The Balaban J connectivity index is 1.97. The zero-order valence-corrected chi connectivity index (χ0v) is 12.3. The minimum Gasteiger partial charge on any atom is -0.476 e. The van der Waals surface area contributed by atoms with Gasteiger partial charge in [-0.2, -0.15) is 5.10 Å². The van der Waals surface area contributed by atoms with E-state index < -0.39 is 5.97 Å². The zero-order chi connectivity index (χ0) is 15.7. The third-order valence-electron chi connectivity index (χ3n) is 3.72. The van der Waals surface area contributed by atoms with Crippen LogP contribution in [0.15, 0.2) is 36.4 Å². The van der Waals surface area contributed by atoms with Crippen molar-refractivity contribution in [2.45, 2.75) is 12.8 Å². The van der Waals surface area contributed by atoms with Gasteiger partial charge in [0.15, 0.2) is 5.69 Å². The van der Waals surface area contributed by atoms with Crippen LogP contribution in [0.25, 0.3) is 5.69 Å². The maximum absolute atomic E-state index is 12.6. The third-order valence-corrected chi connectivity index (χ3v) is 3.72. The van der Waals surface area contributed by atoms with Gasteiger partial charge in [0.05, 0.1) is 5.69 Å². The maximum Gasteiger partial charge on any atom is 0.356 e. The standard InChI is InChI=1S/C16H17N3O3/c1-18(10-11-7-8-11)15(20)14-9-13(16(21)22)17-19(14)12-5-3-2-4-6-12/h2-6,9,11H,7-8,10H2,1H3,(H,21,22). The van der Waals surface area contributed by atoms with E-state index >= 15 is 0 Å². The van der Waals surface area contributed by atoms with Gasteiger partial charge in [-0.15, -0.1) is 0 Å². The first-order valence-electron chi connectivity index (χ1n) is 7.20. The number of carboxylic acid groups (broad SMARTS) is 1. The van der Waals surface area contributed by atoms with Crippen molar-refractivity contribution in [2.24, 2.45) is 5.92 Å². The number of nitrogens with zero attached hydrogens (tertiary/aromatic N) is 3. The number of benzene rings is 1. The molecular formula is C16H17N3O3. The smallest absolute Gasteiger partial charge is 0.356 e. The van der Waals surface area contributed by atoms with Crippen molar-refractivity contribution in [1.82, 2.24) is 14.7 Å². The number of para-hydroxylation sites is 1. The Morgan fingerprint density at radius 2 is 2.00 bits per heavy atom. The van der Waals surface area contributed by atoms with Crippen LogP contribution in [0.1, 0.15) is 33.8 Å². The summed E-state index contributed by atoms with van der Waals surface area (Å²) in [6, 6.07) is 10.4. The molecule has 22 heavy (non-hydrogen) atoms. The Bertz CT molecular complexity index is 705. The second-order valence-electron chi connectivity index (χ2n) is 5.60. The minimum atomic E-state index is -1.14. The lowest BCUT2D eigenvalue weighted by molar-refractivity contribution is 0.0689. The van der Waals surface area contributed by atoms with Gasteiger partial charge in [0.2, 0.25) is 0 Å². The number of hydrogen-bond acceptors (Lipinski definition) is 3. The molecule has 1 aromatic heterocycles. The van der Waals surface area contributed by atoms with Gasteiger partial charge in [-0.25, -0.2) is 9.48 Å². The molecule has 6 heteroatoms. The van der Waals surface area contributed by atoms with E-state index in [2.05, 4.69) is 5.10 Å². The van der Waals surface area contributed by atoms with Crippen molar-refractivity contribution in [2.75, 3.05) is 13.6 Å². The summed E-state index contributed by atoms with van der Waals surface area (Å²) in [4.78, 5) is 25.4. The molecule has 0 bridgehead atoms. The van der Waals surface area contributed by atoms with Gasteiger partial charge in [-0.1, -0.05) is 18.2 Å². The fourth-order valence-corrected chi connectivity index (χ4v) is 2.37. The van der Waals surface area contributed by atoms with E-state index in [1.807, 2.05) is 18.2 Å². The van der Waals surface area contributed by atoms with E-state index in [0.717, 1.165) is 12.8 Å². The SMILES string of the molecule is CN(CC1CC1)C(=O)c1cc(C(=O)O)nn1-c1ccccc1. The van der Waals surface area contributed by atoms with Gasteiger partial charge in [0, 0.05) is 19.7 Å². The highest BCUT2D eigenvalue weighted by Gasteiger charge is 2.28. The molecule has 1 aliphatic carbocycles. The van der Waals surface area contributed by atoms with Crippen LogP contribution in [0.2, 0.25) is 0 Å². The van der Waals surface area contributed by atoms with Gasteiger partial charge >= 0.3 is 5.97 Å². The summed E-state index contributed by atoms with van der Waals surface area (Å²) < 4.78 is 1.40. The van der Waals surface area contributed by atoms with Crippen LogP contribution in [0, 0.1) is 5.92 Å². The molecule has 114 valence electrons. The fourth-order valence-electron chi connectivity index (χ4n) is 2.37.